The Morgan fingerprint density at radius 2 is 2.11 bits per heavy atom. The van der Waals surface area contributed by atoms with Gasteiger partial charge in [0.15, 0.2) is 9.84 Å². The van der Waals surface area contributed by atoms with Crippen LogP contribution in [-0.4, -0.2) is 33.0 Å². The van der Waals surface area contributed by atoms with Gasteiger partial charge in [0.2, 0.25) is 0 Å². The second kappa shape index (κ2) is 5.86. The molecule has 0 saturated carbocycles. The highest BCUT2D eigenvalue weighted by Crippen LogP contribution is 2.18. The maximum atomic E-state index is 11.7. The number of nitrogens with two attached hydrogens (primary N) is 1. The Kier molecular flexibility index (Phi) is 4.72. The Labute approximate surface area is 107 Å². The zero-order valence-electron chi connectivity index (χ0n) is 10.4. The molecule has 5 nitrogen and oxygen atoms in total. The lowest BCUT2D eigenvalue weighted by Crippen LogP contribution is -2.18. The number of benzene rings is 1. The summed E-state index contributed by atoms with van der Waals surface area (Å²) in [6.07, 6.45) is 1.10. The van der Waals surface area contributed by atoms with Gasteiger partial charge in [-0.05, 0) is 24.6 Å². The second-order valence-electron chi connectivity index (χ2n) is 4.19. The first-order valence-electron chi connectivity index (χ1n) is 5.49. The van der Waals surface area contributed by atoms with E-state index in [1.54, 1.807) is 31.2 Å². The molecule has 0 fully saturated rings. The van der Waals surface area contributed by atoms with Crippen molar-refractivity contribution in [3.63, 3.8) is 0 Å². The summed E-state index contributed by atoms with van der Waals surface area (Å²) >= 11 is 0. The second-order valence-corrected chi connectivity index (χ2v) is 6.45. The molecule has 0 amide bonds. The van der Waals surface area contributed by atoms with E-state index in [9.17, 15) is 13.2 Å². The van der Waals surface area contributed by atoms with Crippen molar-refractivity contribution in [2.75, 3.05) is 24.3 Å². The summed E-state index contributed by atoms with van der Waals surface area (Å²) in [6.45, 7) is 1.57. The molecule has 1 atom stereocenters. The molecule has 1 rings (SSSR count). The van der Waals surface area contributed by atoms with Gasteiger partial charge in [-0.1, -0.05) is 12.1 Å². The van der Waals surface area contributed by atoms with Gasteiger partial charge in [-0.2, -0.15) is 0 Å². The fourth-order valence-electron chi connectivity index (χ4n) is 1.38. The number of ether oxygens (including phenoxy) is 1. The number of hydrogen-bond acceptors (Lipinski definition) is 5. The molecule has 0 aliphatic carbocycles. The predicted molar refractivity (Wildman–Crippen MR) is 69.9 cm³/mol. The van der Waals surface area contributed by atoms with Crippen molar-refractivity contribution in [2.45, 2.75) is 12.8 Å². The molecule has 6 heteroatoms. The zero-order chi connectivity index (χ0) is 13.8. The third-order valence-corrected chi connectivity index (χ3v) is 3.37. The molecule has 18 heavy (non-hydrogen) atoms. The van der Waals surface area contributed by atoms with Crippen LogP contribution in [0.2, 0.25) is 0 Å². The van der Waals surface area contributed by atoms with Gasteiger partial charge in [0.25, 0.3) is 0 Å². The van der Waals surface area contributed by atoms with Crippen LogP contribution in [0.15, 0.2) is 24.3 Å². The minimum absolute atomic E-state index is 0.121. The van der Waals surface area contributed by atoms with Crippen molar-refractivity contribution in [2.24, 2.45) is 0 Å². The molecular formula is C12H17NO4S. The van der Waals surface area contributed by atoms with E-state index in [4.69, 9.17) is 10.5 Å². The Bertz CT molecular complexity index is 525. The lowest BCUT2D eigenvalue weighted by molar-refractivity contribution is -0.144. The molecule has 2 N–H and O–H groups in total. The monoisotopic (exact) mass is 271 g/mol. The summed E-state index contributed by atoms with van der Waals surface area (Å²) in [6, 6.07) is 6.96. The van der Waals surface area contributed by atoms with E-state index < -0.39 is 21.7 Å². The summed E-state index contributed by atoms with van der Waals surface area (Å²) in [7, 11) is -3.11. The van der Waals surface area contributed by atoms with Crippen LogP contribution in [0.25, 0.3) is 0 Å². The maximum absolute atomic E-state index is 11.7. The molecule has 0 saturated heterocycles. The van der Waals surface area contributed by atoms with E-state index in [-0.39, 0.29) is 12.4 Å². The molecule has 0 radical (unpaired) electrons. The van der Waals surface area contributed by atoms with Gasteiger partial charge < -0.3 is 10.5 Å². The summed E-state index contributed by atoms with van der Waals surface area (Å²) in [5.74, 6) is -1.08. The Hall–Kier alpha value is -1.56. The molecular weight excluding hydrogens is 254 g/mol. The van der Waals surface area contributed by atoms with Gasteiger partial charge in [-0.3, -0.25) is 4.79 Å². The van der Waals surface area contributed by atoms with Crippen molar-refractivity contribution in [3.8, 4) is 0 Å². The molecule has 0 aromatic heterocycles. The smallest absolute Gasteiger partial charge is 0.313 e. The van der Waals surface area contributed by atoms with Crippen LogP contribution in [0.4, 0.5) is 5.69 Å². The lowest BCUT2D eigenvalue weighted by atomic mass is 10.0. The molecule has 0 aliphatic rings. The number of anilines is 1. The largest absolute Gasteiger partial charge is 0.464 e. The quantitative estimate of drug-likeness (QED) is 0.636. The van der Waals surface area contributed by atoms with E-state index >= 15 is 0 Å². The van der Waals surface area contributed by atoms with Gasteiger partial charge >= 0.3 is 5.97 Å². The van der Waals surface area contributed by atoms with Crippen LogP contribution in [-0.2, 0) is 19.4 Å². The van der Waals surface area contributed by atoms with Crippen molar-refractivity contribution in [1.29, 1.82) is 0 Å². The first-order valence-corrected chi connectivity index (χ1v) is 7.55. The molecule has 0 bridgehead atoms. The number of hydrogen-bond donors (Lipinski definition) is 1. The van der Waals surface area contributed by atoms with Gasteiger partial charge in [0.1, 0.15) is 6.61 Å². The zero-order valence-corrected chi connectivity index (χ0v) is 11.2. The van der Waals surface area contributed by atoms with E-state index in [0.717, 1.165) is 11.8 Å². The highest BCUT2D eigenvalue weighted by Gasteiger charge is 2.17. The van der Waals surface area contributed by atoms with Crippen molar-refractivity contribution in [1.82, 2.24) is 0 Å². The SMILES string of the molecule is CC(C(=O)OCCS(C)(=O)=O)c1cccc(N)c1. The van der Waals surface area contributed by atoms with Crippen LogP contribution in [0.1, 0.15) is 18.4 Å². The summed E-state index contributed by atoms with van der Waals surface area (Å²) in [5, 5.41) is 0. The van der Waals surface area contributed by atoms with Crippen LogP contribution in [0.3, 0.4) is 0 Å². The maximum Gasteiger partial charge on any atom is 0.313 e. The summed E-state index contributed by atoms with van der Waals surface area (Å²) in [5.41, 5.74) is 6.94. The number of rotatable bonds is 5. The van der Waals surface area contributed by atoms with E-state index in [2.05, 4.69) is 0 Å². The molecule has 1 aromatic carbocycles. The summed E-state index contributed by atoms with van der Waals surface area (Å²) < 4.78 is 26.7. The van der Waals surface area contributed by atoms with E-state index in [1.807, 2.05) is 0 Å². The summed E-state index contributed by atoms with van der Waals surface area (Å²) in [4.78, 5) is 11.7. The Morgan fingerprint density at radius 3 is 2.67 bits per heavy atom. The molecule has 1 aromatic rings. The Morgan fingerprint density at radius 1 is 1.44 bits per heavy atom. The van der Waals surface area contributed by atoms with Gasteiger partial charge in [0.05, 0.1) is 11.7 Å². The molecule has 0 aliphatic heterocycles. The highest BCUT2D eigenvalue weighted by atomic mass is 32.2. The van der Waals surface area contributed by atoms with Gasteiger partial charge in [0, 0.05) is 11.9 Å². The molecule has 0 spiro atoms. The van der Waals surface area contributed by atoms with Crippen LogP contribution in [0.5, 0.6) is 0 Å². The van der Waals surface area contributed by atoms with Crippen LogP contribution in [0, 0.1) is 0 Å². The number of carbonyl (C=O) groups is 1. The fraction of sp³-hybridized carbons (Fsp3) is 0.417. The Balaban J connectivity index is 2.57. The third-order valence-electron chi connectivity index (χ3n) is 2.46. The number of sulfone groups is 1. The minimum atomic E-state index is -3.11. The van der Waals surface area contributed by atoms with E-state index in [1.165, 1.54) is 0 Å². The molecule has 1 unspecified atom stereocenters. The predicted octanol–water partition coefficient (Wildman–Crippen LogP) is 0.960. The van der Waals surface area contributed by atoms with Crippen LogP contribution < -0.4 is 5.73 Å². The average molecular weight is 271 g/mol. The van der Waals surface area contributed by atoms with Crippen LogP contribution >= 0.6 is 0 Å². The molecule has 100 valence electrons. The van der Waals surface area contributed by atoms with Crippen molar-refractivity contribution in [3.05, 3.63) is 29.8 Å². The third kappa shape index (κ3) is 4.75. The van der Waals surface area contributed by atoms with Gasteiger partial charge in [-0.15, -0.1) is 0 Å². The standard InChI is InChI=1S/C12H17NO4S/c1-9(10-4-3-5-11(13)8-10)12(14)17-6-7-18(2,15)16/h3-5,8-9H,6-7,13H2,1-2H3. The first kappa shape index (κ1) is 14.5. The van der Waals surface area contributed by atoms with Crippen molar-refractivity contribution >= 4 is 21.5 Å². The van der Waals surface area contributed by atoms with Gasteiger partial charge in [-0.25, -0.2) is 8.42 Å². The number of esters is 1. The lowest BCUT2D eigenvalue weighted by Gasteiger charge is -2.12. The number of nitrogen functional groups attached to an aromatic ring is 1. The van der Waals surface area contributed by atoms with Crippen molar-refractivity contribution < 1.29 is 17.9 Å². The van der Waals surface area contributed by atoms with E-state index in [0.29, 0.717) is 5.69 Å². The highest BCUT2D eigenvalue weighted by molar-refractivity contribution is 7.90. The minimum Gasteiger partial charge on any atom is -0.464 e. The average Bonchev–Trinajstić information content (AvgIpc) is 2.26. The molecule has 0 heterocycles. The first-order chi connectivity index (χ1) is 8.29. The normalized spacial score (nSPS) is 13.0. The fourth-order valence-corrected chi connectivity index (χ4v) is 1.77. The number of carbonyl (C=O) groups excluding carboxylic acids is 1. The topological polar surface area (TPSA) is 86.5 Å².